The lowest BCUT2D eigenvalue weighted by atomic mass is 10.1. The van der Waals surface area contributed by atoms with Gasteiger partial charge in [-0.05, 0) is 6.42 Å². The number of hydrogen-bond donors (Lipinski definition) is 2. The average molecular weight is 281 g/mol. The third-order valence-electron chi connectivity index (χ3n) is 3.25. The van der Waals surface area contributed by atoms with Crippen LogP contribution in [-0.4, -0.2) is 31.5 Å². The van der Waals surface area contributed by atoms with Crippen LogP contribution in [0.25, 0.3) is 0 Å². The molecule has 0 radical (unpaired) electrons. The van der Waals surface area contributed by atoms with Gasteiger partial charge in [-0.15, -0.1) is 0 Å². The summed E-state index contributed by atoms with van der Waals surface area (Å²) in [6.07, 6.45) is 0.450. The number of halogens is 1. The molecule has 1 aliphatic heterocycles. The molecule has 0 saturated carbocycles. The third-order valence-corrected chi connectivity index (χ3v) is 3.25. The number of benzene rings is 1. The van der Waals surface area contributed by atoms with E-state index in [2.05, 4.69) is 5.32 Å². The number of anilines is 2. The molecule has 3 N–H and O–H groups in total. The Morgan fingerprint density at radius 2 is 2.20 bits per heavy atom. The maximum atomic E-state index is 14.1. The first-order chi connectivity index (χ1) is 9.47. The van der Waals surface area contributed by atoms with Crippen molar-refractivity contribution in [1.82, 2.24) is 5.32 Å². The monoisotopic (exact) mass is 281 g/mol. The van der Waals surface area contributed by atoms with Gasteiger partial charge < -0.3 is 15.4 Å². The number of piperazine rings is 1. The van der Waals surface area contributed by atoms with Crippen molar-refractivity contribution in [3.05, 3.63) is 17.9 Å². The SMILES string of the molecule is CCC1C(=O)NC(=O)CN1c1cc(OC)c(N)cc1F. The van der Waals surface area contributed by atoms with Crippen LogP contribution in [0.2, 0.25) is 0 Å². The van der Waals surface area contributed by atoms with E-state index in [0.29, 0.717) is 12.2 Å². The average Bonchev–Trinajstić information content (AvgIpc) is 2.38. The molecule has 108 valence electrons. The largest absolute Gasteiger partial charge is 0.495 e. The number of nitrogens with two attached hydrogens (primary N) is 1. The molecule has 20 heavy (non-hydrogen) atoms. The maximum absolute atomic E-state index is 14.1. The second kappa shape index (κ2) is 5.36. The summed E-state index contributed by atoms with van der Waals surface area (Å²) in [6, 6.07) is 1.92. The number of ether oxygens (including phenoxy) is 1. The van der Waals surface area contributed by atoms with Crippen LogP contribution >= 0.6 is 0 Å². The van der Waals surface area contributed by atoms with Crippen LogP contribution in [0.1, 0.15) is 13.3 Å². The van der Waals surface area contributed by atoms with Crippen molar-refractivity contribution < 1.29 is 18.7 Å². The minimum atomic E-state index is -0.601. The van der Waals surface area contributed by atoms with E-state index in [-0.39, 0.29) is 17.9 Å². The first-order valence-corrected chi connectivity index (χ1v) is 6.21. The summed E-state index contributed by atoms with van der Waals surface area (Å²) in [4.78, 5) is 24.7. The van der Waals surface area contributed by atoms with Gasteiger partial charge in [0, 0.05) is 12.1 Å². The van der Waals surface area contributed by atoms with E-state index in [4.69, 9.17) is 10.5 Å². The highest BCUT2D eigenvalue weighted by Crippen LogP contribution is 2.32. The number of hydrogen-bond acceptors (Lipinski definition) is 5. The highest BCUT2D eigenvalue weighted by molar-refractivity contribution is 6.04. The molecule has 1 aliphatic rings. The van der Waals surface area contributed by atoms with Crippen LogP contribution in [-0.2, 0) is 9.59 Å². The van der Waals surface area contributed by atoms with E-state index >= 15 is 0 Å². The Balaban J connectivity index is 2.47. The first kappa shape index (κ1) is 14.1. The normalized spacial score (nSPS) is 18.9. The van der Waals surface area contributed by atoms with Crippen molar-refractivity contribution in [2.75, 3.05) is 24.3 Å². The van der Waals surface area contributed by atoms with Gasteiger partial charge in [0.15, 0.2) is 0 Å². The van der Waals surface area contributed by atoms with Crippen molar-refractivity contribution >= 4 is 23.2 Å². The van der Waals surface area contributed by atoms with Crippen molar-refractivity contribution in [2.24, 2.45) is 0 Å². The number of carbonyl (C=O) groups excluding carboxylic acids is 2. The Hall–Kier alpha value is -2.31. The molecule has 1 heterocycles. The standard InChI is InChI=1S/C13H16FN3O3/c1-3-9-13(19)16-12(18)6-17(9)10-5-11(20-2)8(15)4-7(10)14/h4-5,9H,3,6,15H2,1-2H3,(H,16,18,19). The van der Waals surface area contributed by atoms with Gasteiger partial charge in [0.25, 0.3) is 0 Å². The molecule has 7 heteroatoms. The van der Waals surface area contributed by atoms with Crippen LogP contribution in [0.4, 0.5) is 15.8 Å². The van der Waals surface area contributed by atoms with E-state index in [1.165, 1.54) is 18.1 Å². The minimum Gasteiger partial charge on any atom is -0.495 e. The molecule has 0 aromatic heterocycles. The Kier molecular flexibility index (Phi) is 3.78. The van der Waals surface area contributed by atoms with Gasteiger partial charge in [0.05, 0.1) is 25.0 Å². The van der Waals surface area contributed by atoms with Crippen LogP contribution in [0.5, 0.6) is 5.75 Å². The molecule has 1 saturated heterocycles. The topological polar surface area (TPSA) is 84.7 Å². The van der Waals surface area contributed by atoms with E-state index in [9.17, 15) is 14.0 Å². The Bertz CT molecular complexity index is 562. The minimum absolute atomic E-state index is 0.0890. The van der Waals surface area contributed by atoms with Crippen LogP contribution in [0, 0.1) is 5.82 Å². The molecule has 2 amide bonds. The predicted molar refractivity (Wildman–Crippen MR) is 71.9 cm³/mol. The zero-order valence-corrected chi connectivity index (χ0v) is 11.3. The van der Waals surface area contributed by atoms with Gasteiger partial charge in [-0.2, -0.15) is 0 Å². The zero-order valence-electron chi connectivity index (χ0n) is 11.3. The van der Waals surface area contributed by atoms with Crippen molar-refractivity contribution in [1.29, 1.82) is 0 Å². The van der Waals surface area contributed by atoms with Gasteiger partial charge in [0.2, 0.25) is 11.8 Å². The molecule has 0 bridgehead atoms. The lowest BCUT2D eigenvalue weighted by molar-refractivity contribution is -0.132. The fourth-order valence-electron chi connectivity index (χ4n) is 2.28. The molecule has 1 aromatic rings. The molecule has 1 unspecified atom stereocenters. The summed E-state index contributed by atoms with van der Waals surface area (Å²) in [5.74, 6) is -1.19. The van der Waals surface area contributed by atoms with Gasteiger partial charge >= 0.3 is 0 Å². The number of nitrogens with zero attached hydrogens (tertiary/aromatic N) is 1. The molecule has 0 spiro atoms. The number of methoxy groups -OCH3 is 1. The third kappa shape index (κ3) is 2.38. The quantitative estimate of drug-likeness (QED) is 0.628. The van der Waals surface area contributed by atoms with Crippen molar-refractivity contribution in [3.8, 4) is 5.75 Å². The predicted octanol–water partition coefficient (Wildman–Crippen LogP) is 0.658. The van der Waals surface area contributed by atoms with Crippen molar-refractivity contribution in [2.45, 2.75) is 19.4 Å². The van der Waals surface area contributed by atoms with Gasteiger partial charge in [-0.25, -0.2) is 4.39 Å². The second-order valence-electron chi connectivity index (χ2n) is 4.51. The Morgan fingerprint density at radius 1 is 1.50 bits per heavy atom. The van der Waals surface area contributed by atoms with Crippen LogP contribution in [0.3, 0.4) is 0 Å². The summed E-state index contributed by atoms with van der Waals surface area (Å²) in [5, 5.41) is 2.24. The summed E-state index contributed by atoms with van der Waals surface area (Å²) in [5.41, 5.74) is 5.91. The summed E-state index contributed by atoms with van der Waals surface area (Å²) >= 11 is 0. The highest BCUT2D eigenvalue weighted by Gasteiger charge is 2.34. The summed E-state index contributed by atoms with van der Waals surface area (Å²) in [7, 11) is 1.42. The fraction of sp³-hybridized carbons (Fsp3) is 0.385. The van der Waals surface area contributed by atoms with Gasteiger partial charge in [-0.3, -0.25) is 14.9 Å². The van der Waals surface area contributed by atoms with E-state index in [1.807, 2.05) is 0 Å². The molecular formula is C13H16FN3O3. The molecule has 1 aromatic carbocycles. The maximum Gasteiger partial charge on any atom is 0.249 e. The Labute approximate surface area is 115 Å². The molecule has 1 atom stereocenters. The number of nitrogen functional groups attached to an aromatic ring is 1. The lowest BCUT2D eigenvalue weighted by Gasteiger charge is -2.35. The zero-order chi connectivity index (χ0) is 14.9. The highest BCUT2D eigenvalue weighted by atomic mass is 19.1. The van der Waals surface area contributed by atoms with Crippen molar-refractivity contribution in [3.63, 3.8) is 0 Å². The summed E-state index contributed by atoms with van der Waals surface area (Å²) in [6.45, 7) is 1.70. The number of rotatable bonds is 3. The van der Waals surface area contributed by atoms with Gasteiger partial charge in [-0.1, -0.05) is 6.92 Å². The molecule has 6 nitrogen and oxygen atoms in total. The summed E-state index contributed by atoms with van der Waals surface area (Å²) < 4.78 is 19.1. The number of imide groups is 1. The van der Waals surface area contributed by atoms with E-state index < -0.39 is 23.7 Å². The van der Waals surface area contributed by atoms with E-state index in [1.54, 1.807) is 6.92 Å². The molecule has 1 fully saturated rings. The lowest BCUT2D eigenvalue weighted by Crippen LogP contribution is -2.58. The van der Waals surface area contributed by atoms with Gasteiger partial charge in [0.1, 0.15) is 17.6 Å². The molecule has 2 rings (SSSR count). The fourth-order valence-corrected chi connectivity index (χ4v) is 2.28. The second-order valence-corrected chi connectivity index (χ2v) is 4.51. The van der Waals surface area contributed by atoms with Crippen LogP contribution < -0.4 is 20.7 Å². The number of nitrogens with one attached hydrogen (secondary N) is 1. The van der Waals surface area contributed by atoms with E-state index in [0.717, 1.165) is 6.07 Å². The molecule has 0 aliphatic carbocycles. The number of carbonyl (C=O) groups is 2. The smallest absolute Gasteiger partial charge is 0.249 e. The Morgan fingerprint density at radius 3 is 2.80 bits per heavy atom. The molecular weight excluding hydrogens is 265 g/mol. The number of amides is 2. The van der Waals surface area contributed by atoms with Crippen LogP contribution in [0.15, 0.2) is 12.1 Å². The first-order valence-electron chi connectivity index (χ1n) is 6.21.